The maximum atomic E-state index is 13.8. The number of hydrogen-bond acceptors (Lipinski definition) is 3. The van der Waals surface area contributed by atoms with Gasteiger partial charge in [0.25, 0.3) is 0 Å². The molecule has 0 radical (unpaired) electrons. The lowest BCUT2D eigenvalue weighted by atomic mass is 9.95. The van der Waals surface area contributed by atoms with E-state index >= 15 is 0 Å². The molecular weight excluding hydrogens is 251 g/mol. The number of benzene rings is 1. The minimum Gasteiger partial charge on any atom is -0.461 e. The Bertz CT molecular complexity index is 465. The first-order chi connectivity index (χ1) is 8.72. The largest absolute Gasteiger partial charge is 0.461 e. The van der Waals surface area contributed by atoms with Crippen molar-refractivity contribution in [3.8, 4) is 0 Å². The number of carbonyl (C=O) groups is 1. The molecule has 0 aromatic heterocycles. The van der Waals surface area contributed by atoms with Crippen LogP contribution in [0.1, 0.15) is 24.8 Å². The Labute approximate surface area is 110 Å². The van der Waals surface area contributed by atoms with Crippen LogP contribution in [0.25, 0.3) is 0 Å². The third-order valence-corrected chi connectivity index (χ3v) is 4.82. The van der Waals surface area contributed by atoms with Crippen molar-refractivity contribution < 1.29 is 13.9 Å². The summed E-state index contributed by atoms with van der Waals surface area (Å²) in [6, 6.07) is 6.53. The summed E-state index contributed by atoms with van der Waals surface area (Å²) in [5.41, 5.74) is -0.195. The van der Waals surface area contributed by atoms with Crippen molar-refractivity contribution in [3.63, 3.8) is 0 Å². The first kappa shape index (κ1) is 12.0. The zero-order valence-electron chi connectivity index (χ0n) is 10.0. The molecule has 1 aromatic carbocycles. The third kappa shape index (κ3) is 2.03. The lowest BCUT2D eigenvalue weighted by Gasteiger charge is -2.18. The minimum absolute atomic E-state index is 0.0201. The van der Waals surface area contributed by atoms with Gasteiger partial charge in [0.05, 0.1) is 5.41 Å². The Hall–Kier alpha value is -1.03. The Morgan fingerprint density at radius 1 is 1.39 bits per heavy atom. The number of halogens is 1. The monoisotopic (exact) mass is 266 g/mol. The fourth-order valence-electron chi connectivity index (χ4n) is 2.43. The van der Waals surface area contributed by atoms with Crippen molar-refractivity contribution in [1.29, 1.82) is 0 Å². The molecule has 0 amide bonds. The molecule has 1 aromatic rings. The topological polar surface area (TPSA) is 26.3 Å². The molecule has 0 spiro atoms. The third-order valence-electron chi connectivity index (χ3n) is 3.69. The lowest BCUT2D eigenvalue weighted by molar-refractivity contribution is -0.151. The first-order valence-corrected chi connectivity index (χ1v) is 7.42. The van der Waals surface area contributed by atoms with Gasteiger partial charge in [-0.1, -0.05) is 18.2 Å². The summed E-state index contributed by atoms with van der Waals surface area (Å²) in [7, 11) is 0. The number of carbonyl (C=O) groups excluding carboxylic acids is 1. The van der Waals surface area contributed by atoms with Crippen LogP contribution in [0.5, 0.6) is 0 Å². The smallest absolute Gasteiger partial charge is 0.316 e. The molecule has 2 nitrogen and oxygen atoms in total. The number of rotatable bonds is 3. The highest BCUT2D eigenvalue weighted by atomic mass is 32.2. The average Bonchev–Trinajstić information content (AvgIpc) is 3.02. The molecule has 1 atom stereocenters. The fourth-order valence-corrected chi connectivity index (χ4v) is 3.52. The van der Waals surface area contributed by atoms with Crippen LogP contribution < -0.4 is 0 Å². The van der Waals surface area contributed by atoms with Gasteiger partial charge in [0.1, 0.15) is 11.9 Å². The van der Waals surface area contributed by atoms with E-state index in [9.17, 15) is 9.18 Å². The van der Waals surface area contributed by atoms with Crippen molar-refractivity contribution in [2.45, 2.75) is 30.8 Å². The summed E-state index contributed by atoms with van der Waals surface area (Å²) in [6.07, 6.45) is 2.34. The molecule has 3 rings (SSSR count). The van der Waals surface area contributed by atoms with Gasteiger partial charge in [-0.15, -0.1) is 0 Å². The van der Waals surface area contributed by atoms with Crippen LogP contribution in [0.3, 0.4) is 0 Å². The predicted molar refractivity (Wildman–Crippen MR) is 69.1 cm³/mol. The summed E-state index contributed by atoms with van der Waals surface area (Å²) >= 11 is 1.80. The first-order valence-electron chi connectivity index (χ1n) is 6.26. The number of hydrogen-bond donors (Lipinski definition) is 0. The Kier molecular flexibility index (Phi) is 3.06. The standard InChI is InChI=1S/C14H15FO2S/c15-12-4-2-1-3-11(12)14(6-7-14)13(16)17-10-5-8-18-9-10/h1-4,10H,5-9H2/t10-/m1/s1. The molecule has 1 saturated heterocycles. The number of ether oxygens (including phenoxy) is 1. The zero-order valence-corrected chi connectivity index (χ0v) is 10.8. The van der Waals surface area contributed by atoms with E-state index in [4.69, 9.17) is 4.74 Å². The molecule has 0 bridgehead atoms. The van der Waals surface area contributed by atoms with Gasteiger partial charge >= 0.3 is 5.97 Å². The SMILES string of the molecule is O=C(O[C@@H]1CCSC1)C1(c2ccccc2F)CC1. The second-order valence-electron chi connectivity index (χ2n) is 4.95. The summed E-state index contributed by atoms with van der Waals surface area (Å²) in [4.78, 5) is 12.2. The average molecular weight is 266 g/mol. The molecular formula is C14H15FO2S. The molecule has 2 aliphatic rings. The second-order valence-corrected chi connectivity index (χ2v) is 6.10. The zero-order chi connectivity index (χ0) is 12.6. The van der Waals surface area contributed by atoms with Gasteiger partial charge in [-0.3, -0.25) is 4.79 Å². The van der Waals surface area contributed by atoms with E-state index in [0.717, 1.165) is 17.9 Å². The number of thioether (sulfide) groups is 1. The molecule has 1 aliphatic carbocycles. The molecule has 1 saturated carbocycles. The van der Waals surface area contributed by atoms with Gasteiger partial charge in [0.2, 0.25) is 0 Å². The van der Waals surface area contributed by atoms with Crippen LogP contribution in [0, 0.1) is 5.82 Å². The Morgan fingerprint density at radius 2 is 2.17 bits per heavy atom. The highest BCUT2D eigenvalue weighted by Gasteiger charge is 2.54. The van der Waals surface area contributed by atoms with Gasteiger partial charge in [0.15, 0.2) is 0 Å². The van der Waals surface area contributed by atoms with Crippen molar-refractivity contribution in [2.24, 2.45) is 0 Å². The highest BCUT2D eigenvalue weighted by molar-refractivity contribution is 7.99. The van der Waals surface area contributed by atoms with Crippen molar-refractivity contribution in [1.82, 2.24) is 0 Å². The summed E-state index contributed by atoms with van der Waals surface area (Å²) in [5.74, 6) is 1.39. The second kappa shape index (κ2) is 4.57. The Balaban J connectivity index is 1.78. The molecule has 18 heavy (non-hydrogen) atoms. The van der Waals surface area contributed by atoms with Crippen LogP contribution in [0.4, 0.5) is 4.39 Å². The van der Waals surface area contributed by atoms with Crippen molar-refractivity contribution in [2.75, 3.05) is 11.5 Å². The van der Waals surface area contributed by atoms with Gasteiger partial charge in [0, 0.05) is 11.3 Å². The minimum atomic E-state index is -0.696. The normalized spacial score (nSPS) is 24.8. The fraction of sp³-hybridized carbons (Fsp3) is 0.500. The van der Waals surface area contributed by atoms with Crippen LogP contribution in [0.15, 0.2) is 24.3 Å². The van der Waals surface area contributed by atoms with Crippen molar-refractivity contribution in [3.05, 3.63) is 35.6 Å². The van der Waals surface area contributed by atoms with Gasteiger partial charge in [-0.05, 0) is 31.1 Å². The van der Waals surface area contributed by atoms with E-state index in [0.29, 0.717) is 18.4 Å². The molecule has 0 N–H and O–H groups in total. The molecule has 1 aliphatic heterocycles. The quantitative estimate of drug-likeness (QED) is 0.787. The van der Waals surface area contributed by atoms with E-state index in [1.54, 1.807) is 30.0 Å². The van der Waals surface area contributed by atoms with E-state index in [1.165, 1.54) is 6.07 Å². The maximum Gasteiger partial charge on any atom is 0.316 e. The van der Waals surface area contributed by atoms with E-state index in [1.807, 2.05) is 0 Å². The van der Waals surface area contributed by atoms with E-state index in [-0.39, 0.29) is 17.9 Å². The Morgan fingerprint density at radius 3 is 2.78 bits per heavy atom. The van der Waals surface area contributed by atoms with Crippen LogP contribution >= 0.6 is 11.8 Å². The van der Waals surface area contributed by atoms with E-state index in [2.05, 4.69) is 0 Å². The van der Waals surface area contributed by atoms with Crippen LogP contribution in [0.2, 0.25) is 0 Å². The highest BCUT2D eigenvalue weighted by Crippen LogP contribution is 2.50. The van der Waals surface area contributed by atoms with E-state index < -0.39 is 5.41 Å². The summed E-state index contributed by atoms with van der Waals surface area (Å²) in [6.45, 7) is 0. The van der Waals surface area contributed by atoms with Crippen LogP contribution in [-0.4, -0.2) is 23.6 Å². The van der Waals surface area contributed by atoms with Gasteiger partial charge in [-0.2, -0.15) is 11.8 Å². The molecule has 1 heterocycles. The summed E-state index contributed by atoms with van der Waals surface area (Å²) < 4.78 is 19.3. The van der Waals surface area contributed by atoms with Crippen molar-refractivity contribution >= 4 is 17.7 Å². The van der Waals surface area contributed by atoms with Crippen LogP contribution in [-0.2, 0) is 14.9 Å². The molecule has 96 valence electrons. The number of esters is 1. The summed E-state index contributed by atoms with van der Waals surface area (Å²) in [5, 5.41) is 0. The predicted octanol–water partition coefficient (Wildman–Crippen LogP) is 2.91. The van der Waals surface area contributed by atoms with Gasteiger partial charge < -0.3 is 4.74 Å². The lowest BCUT2D eigenvalue weighted by Crippen LogP contribution is -2.29. The van der Waals surface area contributed by atoms with Gasteiger partial charge in [-0.25, -0.2) is 4.39 Å². The molecule has 4 heteroatoms. The molecule has 0 unspecified atom stereocenters. The maximum absolute atomic E-state index is 13.8. The molecule has 2 fully saturated rings.